The zero-order valence-corrected chi connectivity index (χ0v) is 15.6. The van der Waals surface area contributed by atoms with Gasteiger partial charge < -0.3 is 10.4 Å². The highest BCUT2D eigenvalue weighted by Gasteiger charge is 2.06. The first-order valence-corrected chi connectivity index (χ1v) is 9.87. The first-order valence-electron chi connectivity index (χ1n) is 9.87. The smallest absolute Gasteiger partial charge is 0.0580 e. The molecule has 2 rings (SSSR count). The summed E-state index contributed by atoms with van der Waals surface area (Å²) in [6.45, 7) is 2.25. The molecule has 25 heavy (non-hydrogen) atoms. The second-order valence-electron chi connectivity index (χ2n) is 6.96. The van der Waals surface area contributed by atoms with Crippen LogP contribution in [0.15, 0.2) is 54.6 Å². The minimum atomic E-state index is -0.219. The fourth-order valence-corrected chi connectivity index (χ4v) is 3.12. The van der Waals surface area contributed by atoms with Gasteiger partial charge in [0.1, 0.15) is 0 Å². The molecule has 0 saturated heterocycles. The predicted molar refractivity (Wildman–Crippen MR) is 108 cm³/mol. The zero-order chi connectivity index (χ0) is 17.7. The molecule has 1 atom stereocenters. The summed E-state index contributed by atoms with van der Waals surface area (Å²) in [5, 5.41) is 13.6. The van der Waals surface area contributed by atoms with E-state index in [-0.39, 0.29) is 6.10 Å². The standard InChI is InChI=1S/C23H33NO/c1-2-3-4-5-6-7-11-14-23(25)19-20-15-17-22(18-16-20)24-21-12-9-8-10-13-21/h8-10,12-13,15-18,23-25H,2-7,11,14,19H2,1H3. The summed E-state index contributed by atoms with van der Waals surface area (Å²) < 4.78 is 0. The molecule has 1 unspecified atom stereocenters. The van der Waals surface area contributed by atoms with Crippen molar-refractivity contribution < 1.29 is 5.11 Å². The third-order valence-electron chi connectivity index (χ3n) is 4.63. The van der Waals surface area contributed by atoms with Gasteiger partial charge in [-0.25, -0.2) is 0 Å². The number of rotatable bonds is 12. The van der Waals surface area contributed by atoms with Crippen LogP contribution in [0.25, 0.3) is 0 Å². The lowest BCUT2D eigenvalue weighted by molar-refractivity contribution is 0.161. The monoisotopic (exact) mass is 339 g/mol. The van der Waals surface area contributed by atoms with Crippen LogP contribution in [0.2, 0.25) is 0 Å². The van der Waals surface area contributed by atoms with Crippen LogP contribution in [0, 0.1) is 0 Å². The number of aliphatic hydroxyl groups excluding tert-OH is 1. The van der Waals surface area contributed by atoms with E-state index in [4.69, 9.17) is 0 Å². The number of nitrogens with one attached hydrogen (secondary N) is 1. The molecule has 0 aliphatic carbocycles. The number of hydrogen-bond donors (Lipinski definition) is 2. The fourth-order valence-electron chi connectivity index (χ4n) is 3.12. The predicted octanol–water partition coefficient (Wildman–Crippen LogP) is 6.47. The zero-order valence-electron chi connectivity index (χ0n) is 15.6. The van der Waals surface area contributed by atoms with Crippen molar-refractivity contribution in [1.82, 2.24) is 0 Å². The van der Waals surface area contributed by atoms with Gasteiger partial charge in [0.15, 0.2) is 0 Å². The fraction of sp³-hybridized carbons (Fsp3) is 0.478. The van der Waals surface area contributed by atoms with Crippen molar-refractivity contribution in [3.8, 4) is 0 Å². The van der Waals surface area contributed by atoms with Crippen LogP contribution in [0.5, 0.6) is 0 Å². The molecule has 0 fully saturated rings. The molecule has 0 aromatic heterocycles. The highest BCUT2D eigenvalue weighted by atomic mass is 16.3. The van der Waals surface area contributed by atoms with E-state index < -0.39 is 0 Å². The van der Waals surface area contributed by atoms with E-state index in [2.05, 4.69) is 48.6 Å². The molecule has 0 amide bonds. The molecule has 0 spiro atoms. The van der Waals surface area contributed by atoms with Gasteiger partial charge in [-0.1, -0.05) is 82.2 Å². The van der Waals surface area contributed by atoms with E-state index in [0.717, 1.165) is 30.6 Å². The van der Waals surface area contributed by atoms with E-state index in [9.17, 15) is 5.11 Å². The summed E-state index contributed by atoms with van der Waals surface area (Å²) in [6.07, 6.45) is 10.5. The average molecular weight is 340 g/mol. The van der Waals surface area contributed by atoms with E-state index in [1.54, 1.807) is 0 Å². The molecule has 2 heteroatoms. The Kier molecular flexibility index (Phi) is 9.14. The van der Waals surface area contributed by atoms with Crippen molar-refractivity contribution in [3.05, 3.63) is 60.2 Å². The van der Waals surface area contributed by atoms with Crippen LogP contribution < -0.4 is 5.32 Å². The minimum Gasteiger partial charge on any atom is -0.393 e. The van der Waals surface area contributed by atoms with Crippen molar-refractivity contribution in [3.63, 3.8) is 0 Å². The Balaban J connectivity index is 1.64. The van der Waals surface area contributed by atoms with E-state index in [1.165, 1.54) is 44.1 Å². The van der Waals surface area contributed by atoms with Gasteiger partial charge in [-0.3, -0.25) is 0 Å². The summed E-state index contributed by atoms with van der Waals surface area (Å²) in [6, 6.07) is 18.6. The molecule has 0 bridgehead atoms. The molecule has 0 aliphatic heterocycles. The molecular weight excluding hydrogens is 306 g/mol. The molecule has 2 aromatic carbocycles. The lowest BCUT2D eigenvalue weighted by atomic mass is 10.0. The number of hydrogen-bond acceptors (Lipinski definition) is 2. The van der Waals surface area contributed by atoms with Gasteiger partial charge in [-0.05, 0) is 42.7 Å². The molecular formula is C23H33NO. The first kappa shape index (κ1) is 19.5. The largest absolute Gasteiger partial charge is 0.393 e. The van der Waals surface area contributed by atoms with Crippen LogP contribution >= 0.6 is 0 Å². The summed E-state index contributed by atoms with van der Waals surface area (Å²) in [5.74, 6) is 0. The van der Waals surface area contributed by atoms with Crippen LogP contribution in [0.4, 0.5) is 11.4 Å². The summed E-state index contributed by atoms with van der Waals surface area (Å²) in [7, 11) is 0. The van der Waals surface area contributed by atoms with E-state index in [0.29, 0.717) is 0 Å². The van der Waals surface area contributed by atoms with E-state index in [1.807, 2.05) is 18.2 Å². The van der Waals surface area contributed by atoms with Gasteiger partial charge in [0.25, 0.3) is 0 Å². The summed E-state index contributed by atoms with van der Waals surface area (Å²) in [4.78, 5) is 0. The lowest BCUT2D eigenvalue weighted by Crippen LogP contribution is -2.10. The second kappa shape index (κ2) is 11.7. The lowest BCUT2D eigenvalue weighted by Gasteiger charge is -2.12. The molecule has 0 radical (unpaired) electrons. The van der Waals surface area contributed by atoms with Crippen LogP contribution in [-0.4, -0.2) is 11.2 Å². The highest BCUT2D eigenvalue weighted by Crippen LogP contribution is 2.18. The number of aliphatic hydroxyl groups is 1. The Hall–Kier alpha value is -1.80. The third kappa shape index (κ3) is 8.22. The topological polar surface area (TPSA) is 32.3 Å². The van der Waals surface area contributed by atoms with Crippen LogP contribution in [-0.2, 0) is 6.42 Å². The average Bonchev–Trinajstić information content (AvgIpc) is 2.63. The van der Waals surface area contributed by atoms with Crippen LogP contribution in [0.3, 0.4) is 0 Å². The van der Waals surface area contributed by atoms with Crippen molar-refractivity contribution in [2.24, 2.45) is 0 Å². The van der Waals surface area contributed by atoms with Gasteiger partial charge in [-0.15, -0.1) is 0 Å². The normalized spacial score (nSPS) is 12.1. The van der Waals surface area contributed by atoms with Crippen molar-refractivity contribution >= 4 is 11.4 Å². The summed E-state index contributed by atoms with van der Waals surface area (Å²) >= 11 is 0. The van der Waals surface area contributed by atoms with Gasteiger partial charge in [0.05, 0.1) is 6.10 Å². The summed E-state index contributed by atoms with van der Waals surface area (Å²) in [5.41, 5.74) is 3.37. The number of unbranched alkanes of at least 4 members (excludes halogenated alkanes) is 6. The van der Waals surface area contributed by atoms with E-state index >= 15 is 0 Å². The quantitative estimate of drug-likeness (QED) is 0.434. The Bertz CT molecular complexity index is 564. The van der Waals surface area contributed by atoms with Gasteiger partial charge in [0, 0.05) is 11.4 Å². The number of anilines is 2. The number of para-hydroxylation sites is 1. The molecule has 2 nitrogen and oxygen atoms in total. The van der Waals surface area contributed by atoms with Crippen molar-refractivity contribution in [1.29, 1.82) is 0 Å². The van der Waals surface area contributed by atoms with Crippen molar-refractivity contribution in [2.75, 3.05) is 5.32 Å². The van der Waals surface area contributed by atoms with Crippen LogP contribution in [0.1, 0.15) is 63.9 Å². The Morgan fingerprint density at radius 3 is 2.04 bits per heavy atom. The first-order chi connectivity index (χ1) is 12.3. The van der Waals surface area contributed by atoms with Gasteiger partial charge in [-0.2, -0.15) is 0 Å². The second-order valence-corrected chi connectivity index (χ2v) is 6.96. The number of benzene rings is 2. The maximum Gasteiger partial charge on any atom is 0.0580 e. The maximum absolute atomic E-state index is 10.2. The maximum atomic E-state index is 10.2. The Morgan fingerprint density at radius 2 is 1.36 bits per heavy atom. The molecule has 0 saturated carbocycles. The van der Waals surface area contributed by atoms with Crippen molar-refractivity contribution in [2.45, 2.75) is 70.8 Å². The molecule has 0 heterocycles. The molecule has 0 aliphatic rings. The minimum absolute atomic E-state index is 0.219. The Morgan fingerprint density at radius 1 is 0.760 bits per heavy atom. The van der Waals surface area contributed by atoms with Gasteiger partial charge in [0.2, 0.25) is 0 Å². The van der Waals surface area contributed by atoms with Gasteiger partial charge >= 0.3 is 0 Å². The SMILES string of the molecule is CCCCCCCCCC(O)Cc1ccc(Nc2ccccc2)cc1. The Labute approximate surface area is 153 Å². The molecule has 136 valence electrons. The highest BCUT2D eigenvalue weighted by molar-refractivity contribution is 5.59. The molecule has 2 N–H and O–H groups in total. The molecule has 2 aromatic rings. The third-order valence-corrected chi connectivity index (χ3v) is 4.63.